The zero-order valence-electron chi connectivity index (χ0n) is 19.0. The maximum atomic E-state index is 13.9. The van der Waals surface area contributed by atoms with E-state index in [2.05, 4.69) is 5.32 Å². The van der Waals surface area contributed by atoms with Gasteiger partial charge < -0.3 is 30.0 Å². The van der Waals surface area contributed by atoms with Gasteiger partial charge in [0, 0.05) is 11.8 Å². The highest BCUT2D eigenvalue weighted by atomic mass is 19.1. The monoisotopic (exact) mass is 454 g/mol. The van der Waals surface area contributed by atoms with Crippen molar-refractivity contribution < 1.29 is 28.1 Å². The van der Waals surface area contributed by atoms with Crippen LogP contribution in [0.1, 0.15) is 21.5 Å². The Balaban J connectivity index is 2.01. The topological polar surface area (TPSA) is 92.0 Å². The number of aryl methyl sites for hydroxylation is 1. The molecule has 1 amide bonds. The second kappa shape index (κ2) is 10.7. The molecule has 0 saturated carbocycles. The summed E-state index contributed by atoms with van der Waals surface area (Å²) in [5.41, 5.74) is 7.59. The predicted molar refractivity (Wildman–Crippen MR) is 124 cm³/mol. The van der Waals surface area contributed by atoms with Gasteiger partial charge in [-0.3, -0.25) is 4.79 Å². The summed E-state index contributed by atoms with van der Waals surface area (Å²) in [5.74, 6) is 0.449. The molecular formula is C25H27FN2O5. The molecule has 0 aliphatic rings. The molecule has 0 aliphatic carbocycles. The van der Waals surface area contributed by atoms with E-state index in [-0.39, 0.29) is 28.6 Å². The van der Waals surface area contributed by atoms with Crippen molar-refractivity contribution in [3.63, 3.8) is 0 Å². The first-order valence-electron chi connectivity index (χ1n) is 10.3. The van der Waals surface area contributed by atoms with Crippen molar-refractivity contribution in [3.8, 4) is 28.7 Å². The zero-order valence-corrected chi connectivity index (χ0v) is 19.0. The lowest BCUT2D eigenvalue weighted by Gasteiger charge is -2.19. The highest BCUT2D eigenvalue weighted by molar-refractivity contribution is 6.07. The summed E-state index contributed by atoms with van der Waals surface area (Å²) < 4.78 is 36.4. The number of halogens is 1. The number of hydrogen-bond acceptors (Lipinski definition) is 6. The number of carbonyl (C=O) groups excluding carboxylic acids is 1. The van der Waals surface area contributed by atoms with Crippen molar-refractivity contribution in [2.75, 3.05) is 33.2 Å². The van der Waals surface area contributed by atoms with Gasteiger partial charge in [-0.1, -0.05) is 18.2 Å². The Bertz CT molecular complexity index is 1130. The van der Waals surface area contributed by atoms with Crippen LogP contribution >= 0.6 is 0 Å². The molecule has 33 heavy (non-hydrogen) atoms. The van der Waals surface area contributed by atoms with E-state index >= 15 is 0 Å². The number of ether oxygens (including phenoxy) is 4. The minimum Gasteiger partial charge on any atom is -0.492 e. The Kier molecular flexibility index (Phi) is 7.74. The number of rotatable bonds is 9. The summed E-state index contributed by atoms with van der Waals surface area (Å²) in [5, 5.41) is 2.68. The molecule has 3 rings (SSSR count). The average Bonchev–Trinajstić information content (AvgIpc) is 2.81. The molecule has 0 saturated heterocycles. The minimum atomic E-state index is -0.529. The van der Waals surface area contributed by atoms with E-state index in [1.54, 1.807) is 31.2 Å². The standard InChI is InChI=1S/C25H27FN2O5/c1-15-5-8-17(13-20(15)26)28-25(29)19-14-21(23(31-3)24(32-4)22(19)30-2)33-18-9-6-16(7-10-18)11-12-27/h5-10,13-14H,11-12,27H2,1-4H3,(H,28,29). The Morgan fingerprint density at radius 1 is 0.939 bits per heavy atom. The first-order valence-corrected chi connectivity index (χ1v) is 10.3. The molecule has 8 heteroatoms. The first kappa shape index (κ1) is 23.9. The SMILES string of the molecule is COc1c(Oc2ccc(CCN)cc2)cc(C(=O)Nc2ccc(C)c(F)c2)c(OC)c1OC. The van der Waals surface area contributed by atoms with Gasteiger partial charge >= 0.3 is 0 Å². The van der Waals surface area contributed by atoms with Crippen LogP contribution in [0.2, 0.25) is 0 Å². The van der Waals surface area contributed by atoms with Gasteiger partial charge in [0.1, 0.15) is 11.6 Å². The maximum Gasteiger partial charge on any atom is 0.259 e. The summed E-state index contributed by atoms with van der Waals surface area (Å²) in [6, 6.07) is 13.4. The van der Waals surface area contributed by atoms with Crippen LogP contribution in [0, 0.1) is 12.7 Å². The molecule has 0 fully saturated rings. The van der Waals surface area contributed by atoms with Crippen LogP contribution in [-0.2, 0) is 6.42 Å². The van der Waals surface area contributed by atoms with E-state index in [0.29, 0.717) is 23.5 Å². The molecule has 0 atom stereocenters. The molecule has 0 aromatic heterocycles. The third-order valence-corrected chi connectivity index (χ3v) is 5.03. The van der Waals surface area contributed by atoms with Crippen molar-refractivity contribution in [2.45, 2.75) is 13.3 Å². The molecule has 0 heterocycles. The Morgan fingerprint density at radius 3 is 2.18 bits per heavy atom. The number of nitrogens with one attached hydrogen (secondary N) is 1. The van der Waals surface area contributed by atoms with Crippen molar-refractivity contribution in [2.24, 2.45) is 5.73 Å². The van der Waals surface area contributed by atoms with E-state index < -0.39 is 11.7 Å². The number of anilines is 1. The molecule has 0 aliphatic heterocycles. The summed E-state index contributed by atoms with van der Waals surface area (Å²) in [6.45, 7) is 2.19. The van der Waals surface area contributed by atoms with Crippen LogP contribution in [0.5, 0.6) is 28.7 Å². The van der Waals surface area contributed by atoms with Crippen LogP contribution in [0.15, 0.2) is 48.5 Å². The maximum absolute atomic E-state index is 13.9. The predicted octanol–water partition coefficient (Wildman–Crippen LogP) is 4.71. The fourth-order valence-corrected chi connectivity index (χ4v) is 3.31. The molecule has 3 aromatic carbocycles. The van der Waals surface area contributed by atoms with Crippen molar-refractivity contribution >= 4 is 11.6 Å². The van der Waals surface area contributed by atoms with Gasteiger partial charge in [-0.2, -0.15) is 0 Å². The number of methoxy groups -OCH3 is 3. The lowest BCUT2D eigenvalue weighted by Crippen LogP contribution is -2.14. The van der Waals surface area contributed by atoms with E-state index in [9.17, 15) is 9.18 Å². The smallest absolute Gasteiger partial charge is 0.259 e. The van der Waals surface area contributed by atoms with Gasteiger partial charge in [-0.15, -0.1) is 0 Å². The average molecular weight is 454 g/mol. The second-order valence-corrected chi connectivity index (χ2v) is 7.22. The molecule has 0 spiro atoms. The van der Waals surface area contributed by atoms with E-state index in [0.717, 1.165) is 12.0 Å². The molecule has 174 valence electrons. The lowest BCUT2D eigenvalue weighted by molar-refractivity contribution is 0.102. The third-order valence-electron chi connectivity index (χ3n) is 5.03. The summed E-state index contributed by atoms with van der Waals surface area (Å²) >= 11 is 0. The van der Waals surface area contributed by atoms with E-state index in [1.807, 2.05) is 12.1 Å². The highest BCUT2D eigenvalue weighted by Gasteiger charge is 2.26. The minimum absolute atomic E-state index is 0.130. The van der Waals surface area contributed by atoms with Crippen LogP contribution in [-0.4, -0.2) is 33.8 Å². The fourth-order valence-electron chi connectivity index (χ4n) is 3.31. The Morgan fingerprint density at radius 2 is 1.61 bits per heavy atom. The Labute approximate surface area is 192 Å². The van der Waals surface area contributed by atoms with Crippen LogP contribution < -0.4 is 30.0 Å². The van der Waals surface area contributed by atoms with Crippen molar-refractivity contribution in [1.29, 1.82) is 0 Å². The first-order chi connectivity index (χ1) is 15.9. The molecule has 3 N–H and O–H groups in total. The van der Waals surface area contributed by atoms with Gasteiger partial charge in [0.05, 0.1) is 26.9 Å². The highest BCUT2D eigenvalue weighted by Crippen LogP contribution is 2.48. The van der Waals surface area contributed by atoms with Gasteiger partial charge in [-0.05, 0) is 55.3 Å². The second-order valence-electron chi connectivity index (χ2n) is 7.22. The fraction of sp³-hybridized carbons (Fsp3) is 0.240. The number of hydrogen-bond donors (Lipinski definition) is 2. The summed E-state index contributed by atoms with van der Waals surface area (Å²) in [4.78, 5) is 13.1. The molecular weight excluding hydrogens is 427 g/mol. The van der Waals surface area contributed by atoms with Crippen LogP contribution in [0.3, 0.4) is 0 Å². The molecule has 0 unspecified atom stereocenters. The van der Waals surface area contributed by atoms with Gasteiger partial charge in [0.2, 0.25) is 11.5 Å². The molecule has 0 radical (unpaired) electrons. The largest absolute Gasteiger partial charge is 0.492 e. The number of carbonyl (C=O) groups is 1. The van der Waals surface area contributed by atoms with Crippen molar-refractivity contribution in [3.05, 3.63) is 71.0 Å². The van der Waals surface area contributed by atoms with Crippen molar-refractivity contribution in [1.82, 2.24) is 0 Å². The Hall–Kier alpha value is -3.78. The van der Waals surface area contributed by atoms with E-state index in [4.69, 9.17) is 24.7 Å². The molecule has 7 nitrogen and oxygen atoms in total. The number of nitrogens with two attached hydrogens (primary N) is 1. The molecule has 0 bridgehead atoms. The van der Waals surface area contributed by atoms with Crippen LogP contribution in [0.4, 0.5) is 10.1 Å². The lowest BCUT2D eigenvalue weighted by atomic mass is 10.1. The number of amides is 1. The quantitative estimate of drug-likeness (QED) is 0.487. The van der Waals surface area contributed by atoms with Crippen LogP contribution in [0.25, 0.3) is 0 Å². The summed E-state index contributed by atoms with van der Waals surface area (Å²) in [7, 11) is 4.31. The summed E-state index contributed by atoms with van der Waals surface area (Å²) in [6.07, 6.45) is 0.754. The van der Waals surface area contributed by atoms with Gasteiger partial charge in [0.15, 0.2) is 11.5 Å². The molecule has 3 aromatic rings. The van der Waals surface area contributed by atoms with E-state index in [1.165, 1.54) is 33.5 Å². The van der Waals surface area contributed by atoms with Gasteiger partial charge in [0.25, 0.3) is 5.91 Å². The normalized spacial score (nSPS) is 10.5. The number of benzene rings is 3. The van der Waals surface area contributed by atoms with Gasteiger partial charge in [-0.25, -0.2) is 4.39 Å². The zero-order chi connectivity index (χ0) is 24.0. The third kappa shape index (κ3) is 5.35.